The molecule has 0 aliphatic carbocycles. The van der Waals surface area contributed by atoms with Gasteiger partial charge in [-0.2, -0.15) is 0 Å². The van der Waals surface area contributed by atoms with E-state index in [4.69, 9.17) is 6.58 Å². The molecule has 0 aromatic rings. The maximum absolute atomic E-state index is 5.24. The summed E-state index contributed by atoms with van der Waals surface area (Å²) < 4.78 is 0. The third-order valence-corrected chi connectivity index (χ3v) is 1.50. The van der Waals surface area contributed by atoms with E-state index in [1.54, 1.807) is 0 Å². The molecule has 0 spiro atoms. The molecule has 0 aliphatic rings. The summed E-state index contributed by atoms with van der Waals surface area (Å²) in [6.07, 6.45) is 0. The Hall–Kier alpha value is 0.554. The van der Waals surface area contributed by atoms with Gasteiger partial charge in [-0.3, -0.25) is 5.70 Å². The molecular weight excluding hydrogens is 95.1 g/mol. The van der Waals surface area contributed by atoms with Crippen molar-refractivity contribution in [3.63, 3.8) is 0 Å². The second kappa shape index (κ2) is 3.54. The summed E-state index contributed by atoms with van der Waals surface area (Å²) in [6.45, 7) is 11.8. The van der Waals surface area contributed by atoms with E-state index in [-0.39, 0.29) is 18.9 Å². The van der Waals surface area contributed by atoms with Gasteiger partial charge in [0.05, 0.1) is 0 Å². The summed E-state index contributed by atoms with van der Waals surface area (Å²) in [7, 11) is -0.978. The van der Waals surface area contributed by atoms with E-state index in [9.17, 15) is 0 Å². The molecule has 0 aromatic carbocycles. The fourth-order valence-electron chi connectivity index (χ4n) is 0. The second-order valence-electron chi connectivity index (χ2n) is 2.53. The molecule has 2 heteroatoms. The number of hydrogen-bond acceptors (Lipinski definition) is 0. The quantitative estimate of drug-likeness (QED) is 0.293. The zero-order valence-corrected chi connectivity index (χ0v) is 6.65. The zero-order chi connectivity index (χ0) is 5.21. The summed E-state index contributed by atoms with van der Waals surface area (Å²) in [5.41, 5.74) is 1.83. The first-order valence-corrected chi connectivity index (χ1v) is 5.70. The Morgan fingerprint density at radius 2 is 1.43 bits per heavy atom. The van der Waals surface area contributed by atoms with E-state index >= 15 is 0 Å². The van der Waals surface area contributed by atoms with Gasteiger partial charge >= 0.3 is 18.9 Å². The standard InChI is InChI=1S/C5H11Si.Li/c1-5-6(2,3)4;/h1,5H,2-4H3;/q-1;+1. The van der Waals surface area contributed by atoms with Crippen LogP contribution < -0.4 is 18.9 Å². The maximum Gasteiger partial charge on any atom is 1.00 e. The molecule has 0 heterocycles. The fraction of sp³-hybridized carbons (Fsp3) is 0.600. The molecule has 0 amide bonds. The monoisotopic (exact) mass is 106 g/mol. The Kier molecular flexibility index (Phi) is 5.32. The molecule has 0 atom stereocenters. The van der Waals surface area contributed by atoms with Crippen molar-refractivity contribution in [3.8, 4) is 0 Å². The van der Waals surface area contributed by atoms with E-state index in [1.165, 1.54) is 0 Å². The normalized spacial score (nSPS) is 9.57. The van der Waals surface area contributed by atoms with Crippen LogP contribution in [-0.2, 0) is 0 Å². The van der Waals surface area contributed by atoms with Gasteiger partial charge < -0.3 is 6.58 Å². The van der Waals surface area contributed by atoms with E-state index in [0.717, 1.165) is 0 Å². The molecule has 0 unspecified atom stereocenters. The topological polar surface area (TPSA) is 0 Å². The van der Waals surface area contributed by atoms with Gasteiger partial charge in [0.15, 0.2) is 0 Å². The molecule has 0 bridgehead atoms. The molecule has 7 heavy (non-hydrogen) atoms. The summed E-state index contributed by atoms with van der Waals surface area (Å²) in [6, 6.07) is 0. The van der Waals surface area contributed by atoms with Gasteiger partial charge in [-0.15, -0.1) is 0 Å². The molecular formula is C5H11LiSi. The Bertz CT molecular complexity index is 53.6. The largest absolute Gasteiger partial charge is 1.00 e. The van der Waals surface area contributed by atoms with Gasteiger partial charge in [0.1, 0.15) is 0 Å². The molecule has 0 rings (SSSR count). The summed E-state index contributed by atoms with van der Waals surface area (Å²) in [5.74, 6) is 0. The fourth-order valence-corrected chi connectivity index (χ4v) is 0. The van der Waals surface area contributed by atoms with Crippen LogP contribution in [0.15, 0.2) is 5.70 Å². The molecule has 0 radical (unpaired) electrons. The molecule has 0 saturated carbocycles. The molecule has 0 saturated heterocycles. The van der Waals surface area contributed by atoms with Gasteiger partial charge in [-0.05, 0) is 0 Å². The molecule has 0 N–H and O–H groups in total. The summed E-state index contributed by atoms with van der Waals surface area (Å²) in [5, 5.41) is 0. The van der Waals surface area contributed by atoms with E-state index in [1.807, 2.05) is 5.70 Å². The van der Waals surface area contributed by atoms with Crippen molar-refractivity contribution in [1.82, 2.24) is 0 Å². The van der Waals surface area contributed by atoms with Crippen LogP contribution in [0.1, 0.15) is 0 Å². The minimum absolute atomic E-state index is 0. The first-order valence-electron chi connectivity index (χ1n) is 2.12. The van der Waals surface area contributed by atoms with E-state index in [2.05, 4.69) is 19.6 Å². The molecule has 0 nitrogen and oxygen atoms in total. The Morgan fingerprint density at radius 1 is 1.29 bits per heavy atom. The third-order valence-electron chi connectivity index (χ3n) is 0.500. The van der Waals surface area contributed by atoms with Gasteiger partial charge in [-0.1, -0.05) is 19.6 Å². The van der Waals surface area contributed by atoms with Crippen LogP contribution in [0.5, 0.6) is 0 Å². The van der Waals surface area contributed by atoms with Gasteiger partial charge in [0, 0.05) is 8.07 Å². The van der Waals surface area contributed by atoms with Crippen molar-refractivity contribution < 1.29 is 18.9 Å². The zero-order valence-electron chi connectivity index (χ0n) is 5.65. The van der Waals surface area contributed by atoms with Gasteiger partial charge in [0.25, 0.3) is 0 Å². The van der Waals surface area contributed by atoms with Crippen molar-refractivity contribution in [2.24, 2.45) is 0 Å². The molecule has 0 aromatic heterocycles. The minimum atomic E-state index is -0.978. The van der Waals surface area contributed by atoms with Crippen molar-refractivity contribution in [1.29, 1.82) is 0 Å². The molecule has 0 fully saturated rings. The molecule has 0 aliphatic heterocycles. The van der Waals surface area contributed by atoms with Crippen LogP contribution in [0.4, 0.5) is 0 Å². The first-order chi connectivity index (χ1) is 2.56. The Balaban J connectivity index is 0. The summed E-state index contributed by atoms with van der Waals surface area (Å²) >= 11 is 0. The van der Waals surface area contributed by atoms with Crippen LogP contribution in [0.2, 0.25) is 19.6 Å². The minimum Gasteiger partial charge on any atom is -0.522 e. The van der Waals surface area contributed by atoms with Crippen molar-refractivity contribution in [2.75, 3.05) is 0 Å². The van der Waals surface area contributed by atoms with Crippen LogP contribution in [0.25, 0.3) is 0 Å². The van der Waals surface area contributed by atoms with Gasteiger partial charge in [0.2, 0.25) is 0 Å². The van der Waals surface area contributed by atoms with Crippen LogP contribution in [-0.4, -0.2) is 8.07 Å². The van der Waals surface area contributed by atoms with Crippen LogP contribution in [0.3, 0.4) is 0 Å². The predicted octanol–water partition coefficient (Wildman–Crippen LogP) is -1.14. The van der Waals surface area contributed by atoms with Crippen molar-refractivity contribution in [2.45, 2.75) is 19.6 Å². The van der Waals surface area contributed by atoms with Crippen molar-refractivity contribution >= 4 is 8.07 Å². The van der Waals surface area contributed by atoms with Crippen LogP contribution >= 0.6 is 0 Å². The second-order valence-corrected chi connectivity index (χ2v) is 7.60. The summed E-state index contributed by atoms with van der Waals surface area (Å²) in [4.78, 5) is 0. The average Bonchev–Trinajstić information content (AvgIpc) is 1.35. The number of hydrogen-bond donors (Lipinski definition) is 0. The molecule has 36 valence electrons. The number of rotatable bonds is 1. The maximum atomic E-state index is 5.24. The Morgan fingerprint density at radius 3 is 1.43 bits per heavy atom. The van der Waals surface area contributed by atoms with Crippen LogP contribution in [0, 0.1) is 6.58 Å². The van der Waals surface area contributed by atoms with Gasteiger partial charge in [-0.25, -0.2) is 0 Å². The average molecular weight is 106 g/mol. The van der Waals surface area contributed by atoms with E-state index < -0.39 is 8.07 Å². The SMILES string of the molecule is [CH-]=C[Si](C)(C)C.[Li+]. The Labute approximate surface area is 59.2 Å². The third kappa shape index (κ3) is 10.8. The van der Waals surface area contributed by atoms with E-state index in [0.29, 0.717) is 0 Å². The van der Waals surface area contributed by atoms with Crippen molar-refractivity contribution in [3.05, 3.63) is 12.3 Å². The smallest absolute Gasteiger partial charge is 0.522 e. The first kappa shape index (κ1) is 10.5. The predicted molar refractivity (Wildman–Crippen MR) is 32.2 cm³/mol.